The van der Waals surface area contributed by atoms with Gasteiger partial charge in [0, 0.05) is 44.7 Å². The number of nitrogens with one attached hydrogen (secondary N) is 3. The lowest BCUT2D eigenvalue weighted by atomic mass is 9.91. The molecule has 12 rings (SSSR count). The van der Waals surface area contributed by atoms with Gasteiger partial charge in [-0.3, -0.25) is 5.32 Å². The Hall–Kier alpha value is -7.03. The van der Waals surface area contributed by atoms with E-state index in [0.29, 0.717) is 5.92 Å². The second-order valence-electron chi connectivity index (χ2n) is 17.0. The molecular weight excluding hydrogens is 763 g/mol. The fraction of sp³-hybridized carbons (Fsp3) is 0.204. The van der Waals surface area contributed by atoms with Crippen molar-refractivity contribution in [2.45, 2.75) is 57.0 Å². The van der Waals surface area contributed by atoms with Crippen molar-refractivity contribution < 1.29 is 4.42 Å². The molecule has 3 N–H and O–H groups in total. The summed E-state index contributed by atoms with van der Waals surface area (Å²) in [6.07, 6.45) is 22.9. The second-order valence-corrected chi connectivity index (χ2v) is 17.0. The molecule has 0 saturated heterocycles. The number of aryl methyl sites for hydroxylation is 1. The number of furan rings is 1. The summed E-state index contributed by atoms with van der Waals surface area (Å²) in [6, 6.07) is 41.2. The SMILES string of the molecule is C1=CCC(C2N=C(c3cc(C4N=C(c5ccccc5)NC(c5ccccc5)N4)ccc3-n3c4ccccc4c4cc5oc6c(c5cc43)CCC=C6)NC(C3CC=CCC3)=N2)C=C1. The Kier molecular flexibility index (Phi) is 9.17. The van der Waals surface area contributed by atoms with Gasteiger partial charge in [-0.15, -0.1) is 0 Å². The molecule has 0 radical (unpaired) electrons. The van der Waals surface area contributed by atoms with E-state index in [1.54, 1.807) is 0 Å². The minimum atomic E-state index is -0.351. The number of para-hydroxylation sites is 1. The highest BCUT2D eigenvalue weighted by molar-refractivity contribution is 6.16. The summed E-state index contributed by atoms with van der Waals surface area (Å²) in [6.45, 7) is 0. The van der Waals surface area contributed by atoms with Gasteiger partial charge in [0.1, 0.15) is 41.2 Å². The first-order valence-electron chi connectivity index (χ1n) is 22.1. The predicted molar refractivity (Wildman–Crippen MR) is 253 cm³/mol. The van der Waals surface area contributed by atoms with E-state index >= 15 is 0 Å². The zero-order valence-electron chi connectivity index (χ0n) is 34.4. The molecule has 0 fully saturated rings. The van der Waals surface area contributed by atoms with E-state index in [-0.39, 0.29) is 24.4 Å². The third-order valence-corrected chi connectivity index (χ3v) is 13.2. The molecule has 0 saturated carbocycles. The molecule has 4 heterocycles. The molecule has 304 valence electrons. The highest BCUT2D eigenvalue weighted by Gasteiger charge is 2.32. The van der Waals surface area contributed by atoms with Crippen molar-refractivity contribution in [3.8, 4) is 5.69 Å². The lowest BCUT2D eigenvalue weighted by Gasteiger charge is -2.33. The van der Waals surface area contributed by atoms with E-state index in [1.165, 1.54) is 16.3 Å². The van der Waals surface area contributed by atoms with Crippen LogP contribution in [0.4, 0.5) is 0 Å². The van der Waals surface area contributed by atoms with Crippen LogP contribution in [0.15, 0.2) is 177 Å². The molecule has 3 aliphatic carbocycles. The van der Waals surface area contributed by atoms with Crippen molar-refractivity contribution in [1.82, 2.24) is 20.5 Å². The van der Waals surface area contributed by atoms with Crippen LogP contribution in [-0.2, 0) is 6.42 Å². The molecule has 8 heteroatoms. The average molecular weight is 810 g/mol. The lowest BCUT2D eigenvalue weighted by Crippen LogP contribution is -2.45. The number of aliphatic imine (C=N–C) groups is 3. The topological polar surface area (TPSA) is 91.2 Å². The van der Waals surface area contributed by atoms with Gasteiger partial charge in [-0.2, -0.15) is 0 Å². The smallest absolute Gasteiger partial charge is 0.150 e. The Morgan fingerprint density at radius 3 is 2.39 bits per heavy atom. The summed E-state index contributed by atoms with van der Waals surface area (Å²) < 4.78 is 8.95. The summed E-state index contributed by atoms with van der Waals surface area (Å²) in [4.78, 5) is 16.4. The quantitative estimate of drug-likeness (QED) is 0.140. The van der Waals surface area contributed by atoms with Crippen LogP contribution in [0.3, 0.4) is 0 Å². The maximum absolute atomic E-state index is 6.51. The summed E-state index contributed by atoms with van der Waals surface area (Å²) >= 11 is 0. The van der Waals surface area contributed by atoms with E-state index in [2.05, 4.69) is 178 Å². The summed E-state index contributed by atoms with van der Waals surface area (Å²) in [5, 5.41) is 15.0. The van der Waals surface area contributed by atoms with Crippen LogP contribution in [0, 0.1) is 11.8 Å². The molecule has 8 nitrogen and oxygen atoms in total. The van der Waals surface area contributed by atoms with Crippen LogP contribution in [0.2, 0.25) is 0 Å². The number of rotatable bonds is 7. The lowest BCUT2D eigenvalue weighted by molar-refractivity contribution is 0.409. The molecule has 5 aliphatic rings. The summed E-state index contributed by atoms with van der Waals surface area (Å²) in [7, 11) is 0. The van der Waals surface area contributed by atoms with Crippen molar-refractivity contribution in [3.05, 3.63) is 191 Å². The first-order valence-corrected chi connectivity index (χ1v) is 22.1. The van der Waals surface area contributed by atoms with Crippen LogP contribution in [0.5, 0.6) is 0 Å². The van der Waals surface area contributed by atoms with E-state index in [1.807, 2.05) is 6.07 Å². The fourth-order valence-electron chi connectivity index (χ4n) is 9.98. The number of hydrogen-bond donors (Lipinski definition) is 3. The van der Waals surface area contributed by atoms with Gasteiger partial charge in [-0.1, -0.05) is 127 Å². The normalized spacial score (nSPS) is 23.2. The van der Waals surface area contributed by atoms with E-state index in [9.17, 15) is 0 Å². The fourth-order valence-corrected chi connectivity index (χ4v) is 9.98. The molecular formula is C54H47N7O. The predicted octanol–water partition coefficient (Wildman–Crippen LogP) is 11.4. The number of fused-ring (bicyclic) bond motifs is 6. The van der Waals surface area contributed by atoms with Crippen LogP contribution >= 0.6 is 0 Å². The summed E-state index contributed by atoms with van der Waals surface area (Å²) in [5.74, 6) is 4.15. The van der Waals surface area contributed by atoms with Gasteiger partial charge in [0.05, 0.1) is 16.7 Å². The third kappa shape index (κ3) is 6.53. The Morgan fingerprint density at radius 2 is 1.53 bits per heavy atom. The van der Waals surface area contributed by atoms with Gasteiger partial charge in [-0.05, 0) is 86.1 Å². The number of aromatic nitrogens is 1. The first-order chi connectivity index (χ1) is 30.7. The third-order valence-electron chi connectivity index (χ3n) is 13.2. The molecule has 2 aromatic heterocycles. The highest BCUT2D eigenvalue weighted by Crippen LogP contribution is 2.40. The number of nitrogens with zero attached hydrogens (tertiary/aromatic N) is 4. The minimum Gasteiger partial charge on any atom is -0.456 e. The largest absolute Gasteiger partial charge is 0.456 e. The number of allylic oxidation sites excluding steroid dienone is 6. The van der Waals surface area contributed by atoms with Crippen LogP contribution in [0.1, 0.15) is 78.0 Å². The van der Waals surface area contributed by atoms with Crippen molar-refractivity contribution in [2.24, 2.45) is 26.8 Å². The zero-order chi connectivity index (χ0) is 41.0. The van der Waals surface area contributed by atoms with Gasteiger partial charge in [-0.25, -0.2) is 15.0 Å². The van der Waals surface area contributed by atoms with E-state index < -0.39 is 0 Å². The molecule has 0 spiro atoms. The van der Waals surface area contributed by atoms with Crippen molar-refractivity contribution in [3.63, 3.8) is 0 Å². The van der Waals surface area contributed by atoms with Crippen LogP contribution < -0.4 is 16.0 Å². The van der Waals surface area contributed by atoms with Gasteiger partial charge < -0.3 is 19.6 Å². The van der Waals surface area contributed by atoms with Crippen LogP contribution in [0.25, 0.3) is 44.5 Å². The highest BCUT2D eigenvalue weighted by atomic mass is 16.3. The van der Waals surface area contributed by atoms with Crippen molar-refractivity contribution in [2.75, 3.05) is 0 Å². The monoisotopic (exact) mass is 809 g/mol. The van der Waals surface area contributed by atoms with Gasteiger partial charge in [0.2, 0.25) is 0 Å². The Bertz CT molecular complexity index is 3090. The van der Waals surface area contributed by atoms with Crippen molar-refractivity contribution >= 4 is 56.4 Å². The molecule has 62 heavy (non-hydrogen) atoms. The number of amidine groups is 3. The molecule has 0 amide bonds. The first kappa shape index (κ1) is 36.8. The zero-order valence-corrected chi connectivity index (χ0v) is 34.4. The maximum atomic E-state index is 6.51. The van der Waals surface area contributed by atoms with Gasteiger partial charge in [0.25, 0.3) is 0 Å². The molecule has 5 unspecified atom stereocenters. The Morgan fingerprint density at radius 1 is 0.661 bits per heavy atom. The summed E-state index contributed by atoms with van der Waals surface area (Å²) in [5.41, 5.74) is 9.78. The van der Waals surface area contributed by atoms with Gasteiger partial charge in [0.15, 0.2) is 6.17 Å². The van der Waals surface area contributed by atoms with Crippen molar-refractivity contribution in [1.29, 1.82) is 0 Å². The molecule has 2 aliphatic heterocycles. The Balaban J connectivity index is 1.08. The minimum absolute atomic E-state index is 0.161. The number of benzene rings is 5. The van der Waals surface area contributed by atoms with Gasteiger partial charge >= 0.3 is 0 Å². The molecule has 5 aromatic carbocycles. The molecule has 7 aromatic rings. The molecule has 5 atom stereocenters. The van der Waals surface area contributed by atoms with Crippen LogP contribution in [-0.4, -0.2) is 28.2 Å². The maximum Gasteiger partial charge on any atom is 0.150 e. The average Bonchev–Trinajstić information content (AvgIpc) is 3.88. The second kappa shape index (κ2) is 15.5. The number of hydrogen-bond acceptors (Lipinski definition) is 7. The standard InChI is InChI=1S/C54H47N7O/c1-5-17-34(18-6-1)49-55-50(35-19-7-2-8-20-35)58-53(57-49)38-29-30-45(43(31-38)54-59-51(36-21-9-3-10-22-36)56-52(60-54)37-23-11-4-12-24-37)61-44-27-15-13-25-39(44)41-33-48-42(32-46(41)61)40-26-14-16-28-47(40)62-48/h1-11,13,15-21,25,27-33,36-37,49,51,53,57H,12,14,22-24,26H2,(H,55,58)(H,56,59,60). The van der Waals surface area contributed by atoms with E-state index in [0.717, 1.165) is 112 Å². The van der Waals surface area contributed by atoms with E-state index in [4.69, 9.17) is 19.4 Å². The Labute approximate surface area is 360 Å². The molecule has 0 bridgehead atoms.